The number of hydrogen-bond acceptors (Lipinski definition) is 3. The van der Waals surface area contributed by atoms with Crippen LogP contribution >= 0.6 is 0 Å². The molecular formula is C7H7NO2. The monoisotopic (exact) mass is 137 g/mol. The van der Waals surface area contributed by atoms with Gasteiger partial charge in [0, 0.05) is 0 Å². The maximum absolute atomic E-state index is 9.05. The number of aliphatic hydroxyl groups is 2. The molecular weight excluding hydrogens is 130 g/mol. The van der Waals surface area contributed by atoms with E-state index in [0.29, 0.717) is 0 Å². The molecule has 10 heavy (non-hydrogen) atoms. The van der Waals surface area contributed by atoms with E-state index in [4.69, 9.17) is 15.5 Å². The van der Waals surface area contributed by atoms with Crippen molar-refractivity contribution in [3.63, 3.8) is 0 Å². The van der Waals surface area contributed by atoms with Crippen LogP contribution < -0.4 is 0 Å². The van der Waals surface area contributed by atoms with E-state index < -0.39 is 12.2 Å². The summed E-state index contributed by atoms with van der Waals surface area (Å²) in [6.07, 6.45) is 2.49. The van der Waals surface area contributed by atoms with Gasteiger partial charge in [0.1, 0.15) is 12.2 Å². The quantitative estimate of drug-likeness (QED) is 0.483. The summed E-state index contributed by atoms with van der Waals surface area (Å²) in [4.78, 5) is 0. The van der Waals surface area contributed by atoms with Crippen molar-refractivity contribution in [2.75, 3.05) is 0 Å². The second-order valence-electron chi connectivity index (χ2n) is 2.05. The van der Waals surface area contributed by atoms with Crippen molar-refractivity contribution in [3.8, 4) is 6.07 Å². The molecule has 0 fully saturated rings. The second kappa shape index (κ2) is 2.65. The lowest BCUT2D eigenvalue weighted by atomic mass is 10.0. The van der Waals surface area contributed by atoms with Crippen LogP contribution in [0, 0.1) is 11.3 Å². The average molecular weight is 137 g/mol. The highest BCUT2D eigenvalue weighted by molar-refractivity contribution is 5.35. The number of allylic oxidation sites excluding steroid dienone is 2. The van der Waals surface area contributed by atoms with Gasteiger partial charge in [0.2, 0.25) is 0 Å². The normalized spacial score (nSPS) is 31.1. The summed E-state index contributed by atoms with van der Waals surface area (Å²) < 4.78 is 0. The highest BCUT2D eigenvalue weighted by Crippen LogP contribution is 2.11. The minimum absolute atomic E-state index is 0.204. The highest BCUT2D eigenvalue weighted by atomic mass is 16.3. The van der Waals surface area contributed by atoms with Crippen molar-refractivity contribution in [1.29, 1.82) is 5.26 Å². The van der Waals surface area contributed by atoms with Crippen LogP contribution in [0.25, 0.3) is 0 Å². The van der Waals surface area contributed by atoms with Crippen LogP contribution in [0.3, 0.4) is 0 Å². The third-order valence-corrected chi connectivity index (χ3v) is 1.36. The predicted molar refractivity (Wildman–Crippen MR) is 34.8 cm³/mol. The topological polar surface area (TPSA) is 64.2 Å². The van der Waals surface area contributed by atoms with Crippen molar-refractivity contribution >= 4 is 0 Å². The fraction of sp³-hybridized carbons (Fsp3) is 0.286. The lowest BCUT2D eigenvalue weighted by Gasteiger charge is -2.15. The molecule has 2 atom stereocenters. The second-order valence-corrected chi connectivity index (χ2v) is 2.05. The van der Waals surface area contributed by atoms with Crippen LogP contribution in [0.1, 0.15) is 0 Å². The molecule has 3 heteroatoms. The van der Waals surface area contributed by atoms with Crippen molar-refractivity contribution in [1.82, 2.24) is 0 Å². The van der Waals surface area contributed by atoms with Crippen molar-refractivity contribution in [2.24, 2.45) is 0 Å². The Hall–Kier alpha value is -1.11. The zero-order chi connectivity index (χ0) is 7.56. The number of hydrogen-bond donors (Lipinski definition) is 2. The third kappa shape index (κ3) is 1.08. The SMILES string of the molecule is N#CC1=CC=C[C@H](O)[C@@H]1O. The minimum Gasteiger partial charge on any atom is -0.386 e. The van der Waals surface area contributed by atoms with Gasteiger partial charge in [0.05, 0.1) is 11.6 Å². The molecule has 0 aliphatic heterocycles. The molecule has 0 saturated carbocycles. The van der Waals surface area contributed by atoms with Crippen LogP contribution in [-0.2, 0) is 0 Å². The molecule has 0 bridgehead atoms. The van der Waals surface area contributed by atoms with Gasteiger partial charge < -0.3 is 10.2 Å². The standard InChI is InChI=1S/C7H7NO2/c8-4-5-2-1-3-6(9)7(5)10/h1-3,6-7,9-10H/t6-,7+/m0/s1. The van der Waals surface area contributed by atoms with Gasteiger partial charge in [-0.2, -0.15) is 5.26 Å². The maximum Gasteiger partial charge on any atom is 0.118 e. The summed E-state index contributed by atoms with van der Waals surface area (Å²) in [5, 5.41) is 26.4. The Bertz CT molecular complexity index is 224. The molecule has 0 saturated heterocycles. The summed E-state index contributed by atoms with van der Waals surface area (Å²) in [5.41, 5.74) is 0.204. The molecule has 1 aliphatic carbocycles. The smallest absolute Gasteiger partial charge is 0.118 e. The molecule has 1 rings (SSSR count). The van der Waals surface area contributed by atoms with Gasteiger partial charge in [0.15, 0.2) is 0 Å². The molecule has 3 nitrogen and oxygen atoms in total. The van der Waals surface area contributed by atoms with Gasteiger partial charge in [-0.1, -0.05) is 12.2 Å². The molecule has 0 aromatic rings. The van der Waals surface area contributed by atoms with Crippen LogP contribution in [-0.4, -0.2) is 22.4 Å². The fourth-order valence-electron chi connectivity index (χ4n) is 0.764. The number of aliphatic hydroxyl groups excluding tert-OH is 2. The van der Waals surface area contributed by atoms with E-state index in [1.807, 2.05) is 0 Å². The van der Waals surface area contributed by atoms with Crippen molar-refractivity contribution < 1.29 is 10.2 Å². The van der Waals surface area contributed by atoms with E-state index in [1.165, 1.54) is 12.2 Å². The first-order chi connectivity index (χ1) is 4.75. The summed E-state index contributed by atoms with van der Waals surface area (Å²) in [5.74, 6) is 0. The maximum atomic E-state index is 9.05. The lowest BCUT2D eigenvalue weighted by molar-refractivity contribution is 0.0744. The van der Waals surface area contributed by atoms with E-state index in [-0.39, 0.29) is 5.57 Å². The zero-order valence-electron chi connectivity index (χ0n) is 5.23. The Balaban J connectivity index is 2.84. The predicted octanol–water partition coefficient (Wildman–Crippen LogP) is -0.272. The summed E-state index contributed by atoms with van der Waals surface area (Å²) >= 11 is 0. The fourth-order valence-corrected chi connectivity index (χ4v) is 0.764. The van der Waals surface area contributed by atoms with Gasteiger partial charge in [-0.05, 0) is 6.08 Å². The van der Waals surface area contributed by atoms with Crippen molar-refractivity contribution in [2.45, 2.75) is 12.2 Å². The van der Waals surface area contributed by atoms with E-state index in [1.54, 1.807) is 12.1 Å². The largest absolute Gasteiger partial charge is 0.386 e. The van der Waals surface area contributed by atoms with Crippen LogP contribution in [0.15, 0.2) is 23.8 Å². The van der Waals surface area contributed by atoms with Gasteiger partial charge in [0.25, 0.3) is 0 Å². The highest BCUT2D eigenvalue weighted by Gasteiger charge is 2.19. The molecule has 0 heterocycles. The molecule has 0 radical (unpaired) electrons. The zero-order valence-corrected chi connectivity index (χ0v) is 5.23. The van der Waals surface area contributed by atoms with E-state index in [2.05, 4.69) is 0 Å². The first-order valence-electron chi connectivity index (χ1n) is 2.90. The molecule has 0 spiro atoms. The first-order valence-corrected chi connectivity index (χ1v) is 2.90. The minimum atomic E-state index is -1.05. The molecule has 0 unspecified atom stereocenters. The molecule has 52 valence electrons. The molecule has 1 aliphatic rings. The summed E-state index contributed by atoms with van der Waals surface area (Å²) in [7, 11) is 0. The Morgan fingerprint density at radius 2 is 2.20 bits per heavy atom. The first kappa shape index (κ1) is 7.00. The third-order valence-electron chi connectivity index (χ3n) is 1.36. The molecule has 0 aromatic heterocycles. The van der Waals surface area contributed by atoms with E-state index in [9.17, 15) is 0 Å². The van der Waals surface area contributed by atoms with Gasteiger partial charge in [-0.25, -0.2) is 0 Å². The number of rotatable bonds is 0. The molecule has 0 amide bonds. The lowest BCUT2D eigenvalue weighted by Crippen LogP contribution is -2.27. The molecule has 0 aromatic carbocycles. The van der Waals surface area contributed by atoms with Gasteiger partial charge >= 0.3 is 0 Å². The molecule has 2 N–H and O–H groups in total. The van der Waals surface area contributed by atoms with Crippen LogP contribution in [0.2, 0.25) is 0 Å². The summed E-state index contributed by atoms with van der Waals surface area (Å²) in [6.45, 7) is 0. The van der Waals surface area contributed by atoms with Gasteiger partial charge in [-0.15, -0.1) is 0 Å². The Morgan fingerprint density at radius 1 is 1.50 bits per heavy atom. The number of nitrogens with zero attached hydrogens (tertiary/aromatic N) is 1. The van der Waals surface area contributed by atoms with E-state index in [0.717, 1.165) is 0 Å². The average Bonchev–Trinajstić information content (AvgIpc) is 1.95. The van der Waals surface area contributed by atoms with Crippen molar-refractivity contribution in [3.05, 3.63) is 23.8 Å². The Kier molecular flexibility index (Phi) is 1.86. The van der Waals surface area contributed by atoms with E-state index >= 15 is 0 Å². The Morgan fingerprint density at radius 3 is 2.70 bits per heavy atom. The van der Waals surface area contributed by atoms with Crippen LogP contribution in [0.4, 0.5) is 0 Å². The van der Waals surface area contributed by atoms with Gasteiger partial charge in [-0.3, -0.25) is 0 Å². The Labute approximate surface area is 58.5 Å². The van der Waals surface area contributed by atoms with Crippen LogP contribution in [0.5, 0.6) is 0 Å². The number of nitriles is 1. The summed E-state index contributed by atoms with van der Waals surface area (Å²) in [6, 6.07) is 1.78.